The predicted molar refractivity (Wildman–Crippen MR) is 136 cm³/mol. The van der Waals surface area contributed by atoms with E-state index in [9.17, 15) is 19.5 Å². The summed E-state index contributed by atoms with van der Waals surface area (Å²) in [4.78, 5) is 39.1. The van der Waals surface area contributed by atoms with Crippen LogP contribution in [0.25, 0.3) is 0 Å². The van der Waals surface area contributed by atoms with Gasteiger partial charge in [-0.15, -0.1) is 0 Å². The number of hydrogen-bond acceptors (Lipinski definition) is 6. The zero-order chi connectivity index (χ0) is 26.3. The molecule has 9 heteroatoms. The second-order valence-electron chi connectivity index (χ2n) is 10.1. The van der Waals surface area contributed by atoms with Gasteiger partial charge in [0.25, 0.3) is 0 Å². The van der Waals surface area contributed by atoms with Crippen LogP contribution in [0, 0.1) is 0 Å². The van der Waals surface area contributed by atoms with E-state index in [0.29, 0.717) is 25.1 Å². The summed E-state index contributed by atoms with van der Waals surface area (Å²) in [5.74, 6) is -0.425. The molecule has 2 aromatic rings. The normalized spacial score (nSPS) is 19.9. The van der Waals surface area contributed by atoms with Crippen LogP contribution in [-0.4, -0.2) is 77.6 Å². The van der Waals surface area contributed by atoms with E-state index >= 15 is 0 Å². The van der Waals surface area contributed by atoms with Crippen LogP contribution in [0.15, 0.2) is 54.6 Å². The van der Waals surface area contributed by atoms with Crippen molar-refractivity contribution < 1.29 is 33.4 Å². The first kappa shape index (κ1) is 27.0. The lowest BCUT2D eigenvalue weighted by Gasteiger charge is -2.45. The molecule has 2 atom stereocenters. The average molecular weight is 499 g/mol. The molecule has 194 valence electrons. The summed E-state index contributed by atoms with van der Waals surface area (Å²) in [6.07, 6.45) is -0.849. The van der Waals surface area contributed by atoms with E-state index in [1.54, 1.807) is 23.1 Å². The van der Waals surface area contributed by atoms with Gasteiger partial charge in [0, 0.05) is 17.8 Å². The molecular weight excluding hydrogens is 462 g/mol. The molecule has 1 aliphatic rings. The minimum absolute atomic E-state index is 0.161. The Kier molecular flexibility index (Phi) is 8.57. The fourth-order valence-electron chi connectivity index (χ4n) is 4.46. The Morgan fingerprint density at radius 1 is 1.11 bits per heavy atom. The number of quaternary nitrogens is 1. The van der Waals surface area contributed by atoms with Crippen molar-refractivity contribution >= 4 is 23.8 Å². The van der Waals surface area contributed by atoms with E-state index < -0.39 is 23.8 Å². The first-order chi connectivity index (χ1) is 17.0. The van der Waals surface area contributed by atoms with E-state index in [2.05, 4.69) is 5.32 Å². The van der Waals surface area contributed by atoms with E-state index in [-0.39, 0.29) is 30.2 Å². The maximum atomic E-state index is 13.0. The number of hydrogen-bond donors (Lipinski definition) is 2. The van der Waals surface area contributed by atoms with Gasteiger partial charge in [-0.2, -0.15) is 4.79 Å². The number of carbonyl (C=O) groups is 3. The second kappa shape index (κ2) is 11.4. The van der Waals surface area contributed by atoms with Crippen LogP contribution in [0.2, 0.25) is 0 Å². The number of nitrogens with one attached hydrogen (secondary N) is 1. The Balaban J connectivity index is 1.78. The number of anilines is 1. The summed E-state index contributed by atoms with van der Waals surface area (Å²) in [5.41, 5.74) is 1.44. The summed E-state index contributed by atoms with van der Waals surface area (Å²) < 4.78 is 10.3. The molecular formula is C27H36N3O6+. The number of methoxy groups -OCH3 is 1. The lowest BCUT2D eigenvalue weighted by molar-refractivity contribution is -0.878. The largest absolute Gasteiger partial charge is 0.513 e. The lowest BCUT2D eigenvalue weighted by atomic mass is 10.0. The fraction of sp³-hybridized carbons (Fsp3) is 0.444. The smallest absolute Gasteiger partial charge is 0.465 e. The lowest BCUT2D eigenvalue weighted by Crippen LogP contribution is -2.66. The van der Waals surface area contributed by atoms with E-state index in [1.807, 2.05) is 57.2 Å². The number of benzene rings is 2. The first-order valence-electron chi connectivity index (χ1n) is 12.1. The quantitative estimate of drug-likeness (QED) is 0.425. The van der Waals surface area contributed by atoms with Crippen molar-refractivity contribution in [3.8, 4) is 0 Å². The molecule has 1 unspecified atom stereocenters. The molecule has 0 aromatic heterocycles. The van der Waals surface area contributed by atoms with E-state index in [0.717, 1.165) is 11.3 Å². The molecule has 2 amide bonds. The number of esters is 1. The monoisotopic (exact) mass is 498 g/mol. The van der Waals surface area contributed by atoms with Crippen LogP contribution in [0.1, 0.15) is 43.1 Å². The van der Waals surface area contributed by atoms with Gasteiger partial charge in [0.05, 0.1) is 25.3 Å². The average Bonchev–Trinajstić information content (AvgIpc) is 2.83. The van der Waals surface area contributed by atoms with Crippen LogP contribution in [0.3, 0.4) is 0 Å². The summed E-state index contributed by atoms with van der Waals surface area (Å²) in [6.45, 7) is 7.06. The Morgan fingerprint density at radius 3 is 2.47 bits per heavy atom. The van der Waals surface area contributed by atoms with Gasteiger partial charge in [-0.1, -0.05) is 36.4 Å². The molecule has 9 nitrogen and oxygen atoms in total. The summed E-state index contributed by atoms with van der Waals surface area (Å²) >= 11 is 0. The second-order valence-corrected chi connectivity index (χ2v) is 10.1. The van der Waals surface area contributed by atoms with Crippen molar-refractivity contribution in [1.29, 1.82) is 0 Å². The van der Waals surface area contributed by atoms with Crippen LogP contribution < -0.4 is 5.32 Å². The Hall–Kier alpha value is -3.59. The summed E-state index contributed by atoms with van der Waals surface area (Å²) in [5, 5.41) is 13.6. The highest BCUT2D eigenvalue weighted by molar-refractivity contribution is 5.90. The third-order valence-electron chi connectivity index (χ3n) is 6.22. The zero-order valence-corrected chi connectivity index (χ0v) is 21.4. The highest BCUT2D eigenvalue weighted by Crippen LogP contribution is 2.26. The number of carbonyl (C=O) groups excluding carboxylic acids is 2. The molecule has 0 spiro atoms. The van der Waals surface area contributed by atoms with Crippen molar-refractivity contribution in [2.24, 2.45) is 0 Å². The van der Waals surface area contributed by atoms with Crippen LogP contribution >= 0.6 is 0 Å². The number of nitrogens with zero attached hydrogens (tertiary/aromatic N) is 2. The molecule has 1 saturated heterocycles. The molecule has 2 N–H and O–H groups in total. The Labute approximate surface area is 212 Å². The molecule has 0 aliphatic carbocycles. The van der Waals surface area contributed by atoms with Gasteiger partial charge in [0.2, 0.25) is 0 Å². The number of rotatable bonds is 7. The van der Waals surface area contributed by atoms with Crippen molar-refractivity contribution in [2.45, 2.75) is 45.4 Å². The van der Waals surface area contributed by atoms with Gasteiger partial charge in [0.1, 0.15) is 25.2 Å². The standard InChI is InChI=1S/C27H35N3O6/c1-27(2,3)36-25(32)29-15-16-30(26(33)34,18-20-9-6-5-7-10-20)19-23(29)13-14-28-22-12-8-11-21(17-22)24(31)35-4/h5-12,17,23,28H,13-16,18-19H2,1-4H3/p+1/t23-,30?/m1/s1. The van der Waals surface area contributed by atoms with Gasteiger partial charge >= 0.3 is 18.2 Å². The SMILES string of the molecule is COC(=O)c1cccc(NCC[C@@H]2C[N+](Cc3ccccc3)(C(=O)O)CCN2C(=O)OC(C)(C)C)c1. The maximum absolute atomic E-state index is 13.0. The van der Waals surface area contributed by atoms with Crippen LogP contribution in [0.5, 0.6) is 0 Å². The molecule has 1 fully saturated rings. The van der Waals surface area contributed by atoms with Gasteiger partial charge < -0.3 is 19.9 Å². The molecule has 36 heavy (non-hydrogen) atoms. The highest BCUT2D eigenvalue weighted by Gasteiger charge is 2.47. The number of carboxylic acid groups (broad SMARTS) is 1. The van der Waals surface area contributed by atoms with Crippen LogP contribution in [-0.2, 0) is 16.0 Å². The molecule has 0 radical (unpaired) electrons. The molecule has 0 saturated carbocycles. The molecule has 3 rings (SSSR count). The Morgan fingerprint density at radius 2 is 1.83 bits per heavy atom. The van der Waals surface area contributed by atoms with E-state index in [4.69, 9.17) is 9.47 Å². The number of amides is 2. The summed E-state index contributed by atoms with van der Waals surface area (Å²) in [7, 11) is 1.33. The topological polar surface area (TPSA) is 105 Å². The minimum atomic E-state index is -0.911. The Bertz CT molecular complexity index is 1070. The zero-order valence-electron chi connectivity index (χ0n) is 21.4. The number of ether oxygens (including phenoxy) is 2. The van der Waals surface area contributed by atoms with Gasteiger partial charge in [-0.25, -0.2) is 14.1 Å². The van der Waals surface area contributed by atoms with Gasteiger partial charge in [-0.05, 0) is 45.4 Å². The highest BCUT2D eigenvalue weighted by atomic mass is 16.6. The van der Waals surface area contributed by atoms with E-state index in [1.165, 1.54) is 7.11 Å². The molecule has 2 aromatic carbocycles. The van der Waals surface area contributed by atoms with Crippen molar-refractivity contribution in [3.63, 3.8) is 0 Å². The van der Waals surface area contributed by atoms with Crippen LogP contribution in [0.4, 0.5) is 15.3 Å². The third-order valence-corrected chi connectivity index (χ3v) is 6.22. The van der Waals surface area contributed by atoms with Gasteiger partial charge in [0.15, 0.2) is 0 Å². The van der Waals surface area contributed by atoms with Crippen molar-refractivity contribution in [3.05, 3.63) is 65.7 Å². The van der Waals surface area contributed by atoms with Crippen molar-refractivity contribution in [1.82, 2.24) is 4.90 Å². The fourth-order valence-corrected chi connectivity index (χ4v) is 4.46. The first-order valence-corrected chi connectivity index (χ1v) is 12.1. The number of piperazine rings is 1. The molecule has 1 heterocycles. The third kappa shape index (κ3) is 6.97. The molecule has 0 bridgehead atoms. The predicted octanol–water partition coefficient (Wildman–Crippen LogP) is 4.59. The minimum Gasteiger partial charge on any atom is -0.465 e. The molecule has 1 aliphatic heterocycles. The summed E-state index contributed by atoms with van der Waals surface area (Å²) in [6, 6.07) is 16.2. The van der Waals surface area contributed by atoms with Gasteiger partial charge in [-0.3, -0.25) is 4.90 Å². The van der Waals surface area contributed by atoms with Crippen molar-refractivity contribution in [2.75, 3.05) is 38.6 Å². The maximum Gasteiger partial charge on any atom is 0.513 e.